The van der Waals surface area contributed by atoms with Gasteiger partial charge in [0.15, 0.2) is 5.78 Å². The van der Waals surface area contributed by atoms with Crippen LogP contribution >= 0.6 is 0 Å². The third-order valence-electron chi connectivity index (χ3n) is 6.96. The number of alkyl carbamates (subject to hydrolysis) is 1. The first-order valence-corrected chi connectivity index (χ1v) is 14.5. The maximum Gasteiger partial charge on any atom is 0.407 e. The number of hydrogen-bond donors (Lipinski definition) is 3. The Hall–Kier alpha value is -5.19. The maximum absolute atomic E-state index is 13.5. The molecule has 0 aliphatic carbocycles. The third-order valence-corrected chi connectivity index (χ3v) is 6.96. The van der Waals surface area contributed by atoms with Crippen molar-refractivity contribution < 1.29 is 38.2 Å². The quantitative estimate of drug-likeness (QED) is 0.192. The number of hydrogen-bond acceptors (Lipinski definition) is 8. The summed E-state index contributed by atoms with van der Waals surface area (Å²) >= 11 is 0. The predicted molar refractivity (Wildman–Crippen MR) is 167 cm³/mol. The molecule has 0 heterocycles. The fourth-order valence-electron chi connectivity index (χ4n) is 4.70. The number of carbonyl (C=O) groups is 5. The minimum atomic E-state index is -0.900. The summed E-state index contributed by atoms with van der Waals surface area (Å²) < 4.78 is 15.8. The van der Waals surface area contributed by atoms with Crippen LogP contribution in [0.15, 0.2) is 66.7 Å². The molecule has 0 unspecified atom stereocenters. The second-order valence-electron chi connectivity index (χ2n) is 10.5. The van der Waals surface area contributed by atoms with Crippen molar-refractivity contribution in [3.8, 4) is 11.5 Å². The summed E-state index contributed by atoms with van der Waals surface area (Å²) in [5, 5.41) is 5.52. The molecule has 0 fully saturated rings. The summed E-state index contributed by atoms with van der Waals surface area (Å²) in [6.45, 7) is 1.92. The molecule has 0 radical (unpaired) electrons. The van der Waals surface area contributed by atoms with Gasteiger partial charge in [0, 0.05) is 19.4 Å². The largest absolute Gasteiger partial charge is 0.496 e. The molecule has 11 heteroatoms. The van der Waals surface area contributed by atoms with Gasteiger partial charge < -0.3 is 30.6 Å². The average molecular weight is 618 g/mol. The highest BCUT2D eigenvalue weighted by Crippen LogP contribution is 2.22. The van der Waals surface area contributed by atoms with E-state index in [1.54, 1.807) is 30.3 Å². The summed E-state index contributed by atoms with van der Waals surface area (Å²) in [5.74, 6) is -1.00. The molecule has 3 rings (SSSR count). The Labute approximate surface area is 262 Å². The van der Waals surface area contributed by atoms with E-state index in [1.165, 1.54) is 27.2 Å². The molecule has 0 aliphatic heterocycles. The Kier molecular flexibility index (Phi) is 13.1. The molecule has 0 bridgehead atoms. The number of primary amides is 1. The number of rotatable bonds is 17. The number of ether oxygens (including phenoxy) is 3. The fraction of sp³-hybridized carbons (Fsp3) is 0.324. The Morgan fingerprint density at radius 1 is 0.778 bits per heavy atom. The molecule has 3 aromatic carbocycles. The SMILES string of the molecule is COc1ccc(CC(=O)[C@H](CCCCNC(=O)OCc2ccccc2)NC(=O)c2cc(CC(C)=O)ccc2OC)cc1C(N)=O. The highest BCUT2D eigenvalue weighted by Gasteiger charge is 2.24. The van der Waals surface area contributed by atoms with Crippen LogP contribution < -0.4 is 25.8 Å². The second kappa shape index (κ2) is 17.2. The van der Waals surface area contributed by atoms with Gasteiger partial charge in [0.1, 0.15) is 23.9 Å². The first kappa shape index (κ1) is 34.3. The molecular formula is C34H39N3O8. The van der Waals surface area contributed by atoms with Crippen molar-refractivity contribution in [2.75, 3.05) is 20.8 Å². The van der Waals surface area contributed by atoms with E-state index in [-0.39, 0.29) is 54.3 Å². The Morgan fingerprint density at radius 3 is 2.02 bits per heavy atom. The Bertz CT molecular complexity index is 1510. The summed E-state index contributed by atoms with van der Waals surface area (Å²) in [6, 6.07) is 18.0. The van der Waals surface area contributed by atoms with Crippen molar-refractivity contribution in [1.29, 1.82) is 0 Å². The van der Waals surface area contributed by atoms with E-state index in [2.05, 4.69) is 10.6 Å². The van der Waals surface area contributed by atoms with Crippen molar-refractivity contribution in [2.24, 2.45) is 5.73 Å². The van der Waals surface area contributed by atoms with Crippen LogP contribution in [0.1, 0.15) is 63.6 Å². The number of unbranched alkanes of at least 4 members (excludes halogenated alkanes) is 1. The van der Waals surface area contributed by atoms with Crippen molar-refractivity contribution >= 4 is 29.5 Å². The summed E-state index contributed by atoms with van der Waals surface area (Å²) in [6.07, 6.45) is 0.799. The van der Waals surface area contributed by atoms with Crippen molar-refractivity contribution in [1.82, 2.24) is 10.6 Å². The van der Waals surface area contributed by atoms with Crippen LogP contribution in [0.2, 0.25) is 0 Å². The smallest absolute Gasteiger partial charge is 0.407 e. The lowest BCUT2D eigenvalue weighted by Gasteiger charge is -2.19. The van der Waals surface area contributed by atoms with Crippen LogP contribution in [0.3, 0.4) is 0 Å². The molecule has 1 atom stereocenters. The molecular weight excluding hydrogens is 578 g/mol. The van der Waals surface area contributed by atoms with Crippen molar-refractivity contribution in [3.63, 3.8) is 0 Å². The zero-order chi connectivity index (χ0) is 32.8. The fourth-order valence-corrected chi connectivity index (χ4v) is 4.70. The standard InChI is InChI=1S/C34H39N3O8/c1-22(38)17-24-12-15-31(44-3)27(19-24)33(41)37-28(29(39)20-25-13-14-30(43-2)26(18-25)32(35)40)11-7-8-16-36-34(42)45-21-23-9-5-4-6-10-23/h4-6,9-10,12-15,18-19,28H,7-8,11,16-17,20-21H2,1-3H3,(H2,35,40)(H,36,42)(H,37,41)/t28-/m0/s1. The minimum absolute atomic E-state index is 0.0630. The first-order chi connectivity index (χ1) is 21.6. The molecule has 0 saturated carbocycles. The van der Waals surface area contributed by atoms with Crippen molar-refractivity contribution in [2.45, 2.75) is 51.7 Å². The van der Waals surface area contributed by atoms with Gasteiger partial charge in [-0.2, -0.15) is 0 Å². The van der Waals surface area contributed by atoms with Crippen LogP contribution in [0.5, 0.6) is 11.5 Å². The molecule has 45 heavy (non-hydrogen) atoms. The van der Waals surface area contributed by atoms with E-state index in [4.69, 9.17) is 19.9 Å². The van der Waals surface area contributed by atoms with E-state index in [9.17, 15) is 24.0 Å². The number of ketones is 2. The predicted octanol–water partition coefficient (Wildman–Crippen LogP) is 3.94. The van der Waals surface area contributed by atoms with Crippen LogP contribution in [0.4, 0.5) is 4.79 Å². The molecule has 3 amide bonds. The molecule has 0 spiro atoms. The lowest BCUT2D eigenvalue weighted by molar-refractivity contribution is -0.120. The zero-order valence-electron chi connectivity index (χ0n) is 25.7. The number of nitrogens with one attached hydrogen (secondary N) is 2. The van der Waals surface area contributed by atoms with E-state index in [1.807, 2.05) is 30.3 Å². The molecule has 0 saturated heterocycles. The summed E-state index contributed by atoms with van der Waals surface area (Å²) in [7, 11) is 2.84. The number of benzene rings is 3. The monoisotopic (exact) mass is 617 g/mol. The lowest BCUT2D eigenvalue weighted by Crippen LogP contribution is -2.42. The molecule has 0 aliphatic rings. The first-order valence-electron chi connectivity index (χ1n) is 14.5. The van der Waals surface area contributed by atoms with Gasteiger partial charge in [-0.05, 0) is 67.1 Å². The highest BCUT2D eigenvalue weighted by molar-refractivity contribution is 6.01. The van der Waals surface area contributed by atoms with E-state index >= 15 is 0 Å². The molecule has 11 nitrogen and oxygen atoms in total. The van der Waals surface area contributed by atoms with E-state index in [0.29, 0.717) is 36.3 Å². The van der Waals surface area contributed by atoms with Crippen LogP contribution in [-0.2, 0) is 33.8 Å². The number of carbonyl (C=O) groups excluding carboxylic acids is 5. The number of nitrogens with two attached hydrogens (primary N) is 1. The number of methoxy groups -OCH3 is 2. The van der Waals surface area contributed by atoms with Gasteiger partial charge in [0.05, 0.1) is 31.4 Å². The van der Waals surface area contributed by atoms with Crippen LogP contribution in [0, 0.1) is 0 Å². The van der Waals surface area contributed by atoms with Crippen LogP contribution in [0.25, 0.3) is 0 Å². The van der Waals surface area contributed by atoms with Gasteiger partial charge in [-0.25, -0.2) is 4.79 Å². The molecule has 0 aromatic heterocycles. The Balaban J connectivity index is 1.69. The second-order valence-corrected chi connectivity index (χ2v) is 10.5. The lowest BCUT2D eigenvalue weighted by atomic mass is 9.97. The van der Waals surface area contributed by atoms with Gasteiger partial charge in [0.25, 0.3) is 11.8 Å². The van der Waals surface area contributed by atoms with Gasteiger partial charge >= 0.3 is 6.09 Å². The molecule has 3 aromatic rings. The minimum Gasteiger partial charge on any atom is -0.496 e. The van der Waals surface area contributed by atoms with Gasteiger partial charge in [-0.15, -0.1) is 0 Å². The molecule has 238 valence electrons. The maximum atomic E-state index is 13.5. The van der Waals surface area contributed by atoms with Gasteiger partial charge in [0.2, 0.25) is 0 Å². The topological polar surface area (TPSA) is 163 Å². The highest BCUT2D eigenvalue weighted by atomic mass is 16.5. The average Bonchev–Trinajstić information content (AvgIpc) is 3.03. The number of amides is 3. The third kappa shape index (κ3) is 10.8. The van der Waals surface area contributed by atoms with E-state index in [0.717, 1.165) is 5.56 Å². The van der Waals surface area contributed by atoms with Crippen LogP contribution in [-0.4, -0.2) is 56.3 Å². The van der Waals surface area contributed by atoms with Gasteiger partial charge in [-0.3, -0.25) is 19.2 Å². The summed E-state index contributed by atoms with van der Waals surface area (Å²) in [4.78, 5) is 62.6. The zero-order valence-corrected chi connectivity index (χ0v) is 25.7. The summed E-state index contributed by atoms with van der Waals surface area (Å²) in [5.41, 5.74) is 7.84. The number of Topliss-reactive ketones (excluding diaryl/α,β-unsaturated/α-hetero) is 2. The molecule has 4 N–H and O–H groups in total. The van der Waals surface area contributed by atoms with E-state index < -0.39 is 23.9 Å². The van der Waals surface area contributed by atoms with Gasteiger partial charge in [-0.1, -0.05) is 42.5 Å². The normalized spacial score (nSPS) is 11.2. The van der Waals surface area contributed by atoms with Crippen molar-refractivity contribution in [3.05, 3.63) is 94.5 Å². The Morgan fingerprint density at radius 2 is 1.40 bits per heavy atom.